The fourth-order valence-electron chi connectivity index (χ4n) is 3.32. The van der Waals surface area contributed by atoms with Crippen molar-refractivity contribution in [3.8, 4) is 5.75 Å². The minimum absolute atomic E-state index is 0.104. The quantitative estimate of drug-likeness (QED) is 0.731. The molecule has 140 valence electrons. The van der Waals surface area contributed by atoms with Crippen LogP contribution in [0, 0.1) is 0 Å². The number of hydrogen-bond donors (Lipinski definition) is 1. The Hall–Kier alpha value is -2.57. The van der Waals surface area contributed by atoms with Crippen LogP contribution in [0.1, 0.15) is 12.7 Å². The second-order valence-electron chi connectivity index (χ2n) is 6.52. The molecule has 1 amide bonds. The summed E-state index contributed by atoms with van der Waals surface area (Å²) in [4.78, 5) is 19.3. The molecule has 2 aromatic carbocycles. The summed E-state index contributed by atoms with van der Waals surface area (Å²) >= 11 is 6.03. The second-order valence-corrected chi connectivity index (χ2v) is 6.93. The van der Waals surface area contributed by atoms with Gasteiger partial charge in [-0.15, -0.1) is 0 Å². The molecule has 0 bridgehead atoms. The monoisotopic (exact) mass is 384 g/mol. The van der Waals surface area contributed by atoms with E-state index in [-0.39, 0.29) is 12.5 Å². The zero-order valence-corrected chi connectivity index (χ0v) is 15.9. The molecule has 1 aliphatic heterocycles. The number of hydrogen-bond acceptors (Lipinski definition) is 4. The van der Waals surface area contributed by atoms with Crippen molar-refractivity contribution in [2.45, 2.75) is 20.0 Å². The van der Waals surface area contributed by atoms with Gasteiger partial charge in [0.2, 0.25) is 0 Å². The van der Waals surface area contributed by atoms with Gasteiger partial charge in [0.05, 0.1) is 22.6 Å². The molecule has 0 spiro atoms. The van der Waals surface area contributed by atoms with Gasteiger partial charge in [-0.05, 0) is 36.9 Å². The summed E-state index contributed by atoms with van der Waals surface area (Å²) in [5.41, 5.74) is 2.71. The number of nitrogens with one attached hydrogen (secondary N) is 1. The first-order valence-corrected chi connectivity index (χ1v) is 9.40. The average Bonchev–Trinajstić information content (AvgIpc) is 3.04. The van der Waals surface area contributed by atoms with E-state index in [2.05, 4.69) is 21.7 Å². The van der Waals surface area contributed by atoms with Gasteiger partial charge in [-0.1, -0.05) is 30.7 Å². The van der Waals surface area contributed by atoms with Gasteiger partial charge in [0.1, 0.15) is 11.6 Å². The number of benzene rings is 2. The lowest BCUT2D eigenvalue weighted by Gasteiger charge is -2.26. The van der Waals surface area contributed by atoms with Crippen LogP contribution in [0.25, 0.3) is 11.0 Å². The summed E-state index contributed by atoms with van der Waals surface area (Å²) in [5, 5.41) is 3.34. The maximum atomic E-state index is 12.2. The van der Waals surface area contributed by atoms with Crippen LogP contribution in [0.4, 0.5) is 5.69 Å². The summed E-state index contributed by atoms with van der Waals surface area (Å²) in [5.74, 6) is 1.33. The molecule has 4 rings (SSSR count). The highest BCUT2D eigenvalue weighted by molar-refractivity contribution is 6.32. The van der Waals surface area contributed by atoms with E-state index in [9.17, 15) is 4.79 Å². The third-order valence-corrected chi connectivity index (χ3v) is 5.07. The number of ether oxygens (including phenoxy) is 1. The van der Waals surface area contributed by atoms with Crippen molar-refractivity contribution in [3.05, 3.63) is 53.3 Å². The maximum Gasteiger partial charge on any atom is 0.262 e. The highest BCUT2D eigenvalue weighted by atomic mass is 35.5. The number of rotatable bonds is 5. The number of carbonyl (C=O) groups is 1. The molecule has 2 heterocycles. The van der Waals surface area contributed by atoms with Crippen LogP contribution in [0.15, 0.2) is 42.5 Å². The fourth-order valence-corrected chi connectivity index (χ4v) is 3.51. The van der Waals surface area contributed by atoms with Crippen LogP contribution in [0.5, 0.6) is 5.75 Å². The zero-order chi connectivity index (χ0) is 18.8. The first-order valence-electron chi connectivity index (χ1n) is 9.02. The molecule has 0 aliphatic carbocycles. The van der Waals surface area contributed by atoms with Gasteiger partial charge in [0, 0.05) is 18.8 Å². The maximum absolute atomic E-state index is 12.2. The van der Waals surface area contributed by atoms with Crippen molar-refractivity contribution in [1.82, 2.24) is 14.5 Å². The van der Waals surface area contributed by atoms with E-state index in [0.29, 0.717) is 16.5 Å². The van der Waals surface area contributed by atoms with Gasteiger partial charge < -0.3 is 14.6 Å². The zero-order valence-electron chi connectivity index (χ0n) is 15.1. The highest BCUT2D eigenvalue weighted by Crippen LogP contribution is 2.25. The van der Waals surface area contributed by atoms with Crippen LogP contribution in [-0.4, -0.2) is 40.1 Å². The molecule has 0 saturated carbocycles. The summed E-state index contributed by atoms with van der Waals surface area (Å²) < 4.78 is 7.74. The number of likely N-dealkylation sites (N-methyl/N-ethyl adjacent to an activating group) is 1. The van der Waals surface area contributed by atoms with E-state index in [0.717, 1.165) is 43.0 Å². The minimum Gasteiger partial charge on any atom is -0.482 e. The number of anilines is 1. The molecule has 1 aromatic heterocycles. The lowest BCUT2D eigenvalue weighted by Crippen LogP contribution is -2.33. The van der Waals surface area contributed by atoms with Crippen molar-refractivity contribution >= 4 is 34.2 Å². The standard InChI is InChI=1S/C20H21ClN4O2/c1-2-24-9-10-25-17-8-7-14(11-16(17)23-19(25)12-24)22-20(26)13-27-18-6-4-3-5-15(18)21/h3-8,11H,2,9-10,12-13H2,1H3,(H,22,26). The van der Waals surface area contributed by atoms with Crippen LogP contribution in [-0.2, 0) is 17.9 Å². The Kier molecular flexibility index (Phi) is 5.01. The molecule has 0 radical (unpaired) electrons. The molecular weight excluding hydrogens is 364 g/mol. The van der Waals surface area contributed by atoms with Gasteiger partial charge in [-0.2, -0.15) is 0 Å². The van der Waals surface area contributed by atoms with E-state index >= 15 is 0 Å². The van der Waals surface area contributed by atoms with Crippen molar-refractivity contribution < 1.29 is 9.53 Å². The van der Waals surface area contributed by atoms with Crippen LogP contribution in [0.2, 0.25) is 5.02 Å². The average molecular weight is 385 g/mol. The Balaban J connectivity index is 1.45. The van der Waals surface area contributed by atoms with Gasteiger partial charge in [-0.3, -0.25) is 9.69 Å². The van der Waals surface area contributed by atoms with E-state index < -0.39 is 0 Å². The predicted octanol–water partition coefficient (Wildman–Crippen LogP) is 3.54. The van der Waals surface area contributed by atoms with E-state index in [1.165, 1.54) is 0 Å². The Morgan fingerprint density at radius 3 is 2.93 bits per heavy atom. The molecule has 0 saturated heterocycles. The van der Waals surface area contributed by atoms with Gasteiger partial charge in [-0.25, -0.2) is 4.98 Å². The van der Waals surface area contributed by atoms with Gasteiger partial charge in [0.25, 0.3) is 5.91 Å². The molecule has 1 N–H and O–H groups in total. The molecule has 0 unspecified atom stereocenters. The molecule has 0 fully saturated rings. The number of nitrogens with zero attached hydrogens (tertiary/aromatic N) is 3. The summed E-state index contributed by atoms with van der Waals surface area (Å²) in [7, 11) is 0. The minimum atomic E-state index is -0.240. The van der Waals surface area contributed by atoms with Crippen LogP contribution in [0.3, 0.4) is 0 Å². The Morgan fingerprint density at radius 2 is 2.11 bits per heavy atom. The molecule has 0 atom stereocenters. The number of carbonyl (C=O) groups excluding carboxylic acids is 1. The number of para-hydroxylation sites is 1. The number of imidazole rings is 1. The summed E-state index contributed by atoms with van der Waals surface area (Å²) in [6, 6.07) is 12.9. The highest BCUT2D eigenvalue weighted by Gasteiger charge is 2.19. The lowest BCUT2D eigenvalue weighted by atomic mass is 10.2. The number of halogens is 1. The predicted molar refractivity (Wildman–Crippen MR) is 106 cm³/mol. The summed E-state index contributed by atoms with van der Waals surface area (Å²) in [6.45, 7) is 5.92. The summed E-state index contributed by atoms with van der Waals surface area (Å²) in [6.07, 6.45) is 0. The Bertz CT molecular complexity index is 985. The first-order chi connectivity index (χ1) is 13.1. The van der Waals surface area contributed by atoms with E-state index in [1.807, 2.05) is 30.3 Å². The largest absolute Gasteiger partial charge is 0.482 e. The van der Waals surface area contributed by atoms with Crippen molar-refractivity contribution in [1.29, 1.82) is 0 Å². The smallest absolute Gasteiger partial charge is 0.262 e. The molecule has 6 nitrogen and oxygen atoms in total. The second kappa shape index (κ2) is 7.58. The molecular formula is C20H21ClN4O2. The van der Waals surface area contributed by atoms with Crippen LogP contribution < -0.4 is 10.1 Å². The topological polar surface area (TPSA) is 59.4 Å². The molecule has 7 heteroatoms. The number of amides is 1. The van der Waals surface area contributed by atoms with E-state index in [4.69, 9.17) is 21.3 Å². The van der Waals surface area contributed by atoms with Crippen molar-refractivity contribution in [3.63, 3.8) is 0 Å². The first kappa shape index (κ1) is 17.8. The Labute approximate surface area is 162 Å². The van der Waals surface area contributed by atoms with Crippen molar-refractivity contribution in [2.24, 2.45) is 0 Å². The van der Waals surface area contributed by atoms with Crippen LogP contribution >= 0.6 is 11.6 Å². The molecule has 1 aliphatic rings. The third kappa shape index (κ3) is 3.77. The molecule has 3 aromatic rings. The SMILES string of the molecule is CCN1CCn2c(nc3cc(NC(=O)COc4ccccc4Cl)ccc32)C1. The van der Waals surface area contributed by atoms with Gasteiger partial charge >= 0.3 is 0 Å². The van der Waals surface area contributed by atoms with Gasteiger partial charge in [0.15, 0.2) is 6.61 Å². The molecule has 27 heavy (non-hydrogen) atoms. The normalized spacial score (nSPS) is 14.1. The lowest BCUT2D eigenvalue weighted by molar-refractivity contribution is -0.118. The third-order valence-electron chi connectivity index (χ3n) is 4.76. The number of fused-ring (bicyclic) bond motifs is 3. The Morgan fingerprint density at radius 1 is 1.26 bits per heavy atom. The van der Waals surface area contributed by atoms with E-state index in [1.54, 1.807) is 12.1 Å². The number of aromatic nitrogens is 2. The van der Waals surface area contributed by atoms with Crippen molar-refractivity contribution in [2.75, 3.05) is 25.0 Å². The fraction of sp³-hybridized carbons (Fsp3) is 0.300.